The fraction of sp³-hybridized carbons (Fsp3) is 0.630. The number of aliphatic carboxylic acids is 1. The van der Waals surface area contributed by atoms with Crippen molar-refractivity contribution >= 4 is 24.2 Å². The highest BCUT2D eigenvalue weighted by Gasteiger charge is 2.27. The van der Waals surface area contributed by atoms with Crippen LogP contribution in [0.25, 0.3) is 0 Å². The minimum Gasteiger partial charge on any atom is -0.480 e. The number of esters is 1. The van der Waals surface area contributed by atoms with E-state index in [1.165, 1.54) is 12.1 Å². The predicted molar refractivity (Wildman–Crippen MR) is 138 cm³/mol. The number of carbonyl (C=O) groups is 4. The molecule has 0 saturated carbocycles. The van der Waals surface area contributed by atoms with E-state index in [1.54, 1.807) is 47.6 Å². The molecule has 0 aromatic heterocycles. The van der Waals surface area contributed by atoms with Crippen LogP contribution in [0.5, 0.6) is 11.5 Å². The topological polar surface area (TPSA) is 147 Å². The second-order valence-corrected chi connectivity index (χ2v) is 10.1. The first kappa shape index (κ1) is 32.7. The number of carboxylic acids is 1. The van der Waals surface area contributed by atoms with Crippen molar-refractivity contribution < 1.29 is 48.0 Å². The lowest BCUT2D eigenvalue weighted by atomic mass is 10.0. The molecule has 0 aliphatic carbocycles. The van der Waals surface area contributed by atoms with Crippen LogP contribution in [0.3, 0.4) is 0 Å². The van der Waals surface area contributed by atoms with Crippen LogP contribution in [-0.2, 0) is 30.2 Å². The molecule has 2 N–H and O–H groups in total. The van der Waals surface area contributed by atoms with Crippen LogP contribution >= 0.6 is 0 Å². The highest BCUT2D eigenvalue weighted by Crippen LogP contribution is 2.31. The second kappa shape index (κ2) is 14.6. The largest absolute Gasteiger partial charge is 0.514 e. The first-order valence-corrected chi connectivity index (χ1v) is 12.7. The Morgan fingerprint density at radius 3 is 1.89 bits per heavy atom. The van der Waals surface area contributed by atoms with Crippen molar-refractivity contribution in [3.63, 3.8) is 0 Å². The van der Waals surface area contributed by atoms with Gasteiger partial charge in [0.05, 0.1) is 0 Å². The molecule has 0 aliphatic rings. The highest BCUT2D eigenvalue weighted by atomic mass is 16.8. The summed E-state index contributed by atoms with van der Waals surface area (Å²) in [6, 6.07) is 3.28. The van der Waals surface area contributed by atoms with Gasteiger partial charge in [-0.15, -0.1) is 0 Å². The molecule has 1 unspecified atom stereocenters. The molecule has 0 amide bonds. The van der Waals surface area contributed by atoms with E-state index < -0.39 is 41.6 Å². The SMILES string of the molecule is CCC(=O)OC(C)CN[C@@H](Cc1ccc(OC(=O)OC(C)(C)CC)c(OC(=O)OC(C)(C)CC)c1)C(=O)O. The third-order valence-corrected chi connectivity index (χ3v) is 5.83. The van der Waals surface area contributed by atoms with E-state index in [2.05, 4.69) is 5.32 Å². The molecular weight excluding hydrogens is 498 g/mol. The van der Waals surface area contributed by atoms with Gasteiger partial charge in [0.15, 0.2) is 11.5 Å². The molecule has 1 aromatic rings. The second-order valence-electron chi connectivity index (χ2n) is 10.1. The summed E-state index contributed by atoms with van der Waals surface area (Å²) in [6.45, 7) is 14.0. The van der Waals surface area contributed by atoms with Gasteiger partial charge in [0.2, 0.25) is 0 Å². The van der Waals surface area contributed by atoms with E-state index in [0.717, 1.165) is 0 Å². The van der Waals surface area contributed by atoms with Crippen molar-refractivity contribution in [1.29, 1.82) is 0 Å². The molecule has 0 saturated heterocycles. The third-order valence-electron chi connectivity index (χ3n) is 5.83. The van der Waals surface area contributed by atoms with Crippen LogP contribution in [0.4, 0.5) is 9.59 Å². The van der Waals surface area contributed by atoms with Crippen LogP contribution in [0.15, 0.2) is 18.2 Å². The Hall–Kier alpha value is -3.34. The molecule has 38 heavy (non-hydrogen) atoms. The third kappa shape index (κ3) is 11.8. The van der Waals surface area contributed by atoms with Gasteiger partial charge in [0.25, 0.3) is 0 Å². The predicted octanol–water partition coefficient (Wildman–Crippen LogP) is 5.02. The fourth-order valence-electron chi connectivity index (χ4n) is 2.80. The summed E-state index contributed by atoms with van der Waals surface area (Å²) in [6.07, 6.45) is -1.26. The summed E-state index contributed by atoms with van der Waals surface area (Å²) in [5.41, 5.74) is -1.10. The van der Waals surface area contributed by atoms with Gasteiger partial charge in [-0.1, -0.05) is 26.8 Å². The molecule has 1 aromatic carbocycles. The molecule has 0 radical (unpaired) electrons. The minimum atomic E-state index is -1.13. The molecule has 214 valence electrons. The monoisotopic (exact) mass is 539 g/mol. The van der Waals surface area contributed by atoms with E-state index in [1.807, 2.05) is 13.8 Å². The van der Waals surface area contributed by atoms with Crippen LogP contribution in [-0.4, -0.2) is 59.2 Å². The van der Waals surface area contributed by atoms with Gasteiger partial charge < -0.3 is 34.1 Å². The number of hydrogen-bond acceptors (Lipinski definition) is 10. The summed E-state index contributed by atoms with van der Waals surface area (Å²) >= 11 is 0. The van der Waals surface area contributed by atoms with E-state index in [-0.39, 0.29) is 36.9 Å². The van der Waals surface area contributed by atoms with Gasteiger partial charge in [-0.25, -0.2) is 9.59 Å². The molecule has 0 bridgehead atoms. The van der Waals surface area contributed by atoms with Crippen molar-refractivity contribution in [2.75, 3.05) is 6.54 Å². The highest BCUT2D eigenvalue weighted by molar-refractivity contribution is 5.74. The number of ether oxygens (including phenoxy) is 5. The lowest BCUT2D eigenvalue weighted by Crippen LogP contribution is -2.42. The number of hydrogen-bond donors (Lipinski definition) is 2. The number of rotatable bonds is 14. The maximum absolute atomic E-state index is 12.5. The average molecular weight is 540 g/mol. The Kier molecular flexibility index (Phi) is 12.5. The smallest absolute Gasteiger partial charge is 0.480 e. The number of carbonyl (C=O) groups excluding carboxylic acids is 3. The Balaban J connectivity index is 3.14. The maximum atomic E-state index is 12.5. The molecular formula is C27H41NO10. The van der Waals surface area contributed by atoms with E-state index >= 15 is 0 Å². The quantitative estimate of drug-likeness (QED) is 0.186. The summed E-state index contributed by atoms with van der Waals surface area (Å²) in [5.74, 6) is -1.75. The molecule has 0 spiro atoms. The van der Waals surface area contributed by atoms with Gasteiger partial charge in [-0.3, -0.25) is 9.59 Å². The number of benzene rings is 1. The van der Waals surface area contributed by atoms with Crippen molar-refractivity contribution in [2.45, 2.75) is 104 Å². The molecule has 0 fully saturated rings. The van der Waals surface area contributed by atoms with Gasteiger partial charge in [0.1, 0.15) is 23.3 Å². The van der Waals surface area contributed by atoms with Gasteiger partial charge in [0, 0.05) is 13.0 Å². The van der Waals surface area contributed by atoms with Gasteiger partial charge in [-0.2, -0.15) is 0 Å². The molecule has 11 heteroatoms. The number of nitrogens with one attached hydrogen (secondary N) is 1. The molecule has 2 atom stereocenters. The van der Waals surface area contributed by atoms with Crippen LogP contribution in [0.2, 0.25) is 0 Å². The molecule has 0 aliphatic heterocycles. The Bertz CT molecular complexity index is 973. The zero-order chi connectivity index (χ0) is 29.1. The van der Waals surface area contributed by atoms with Crippen molar-refractivity contribution in [1.82, 2.24) is 5.32 Å². The maximum Gasteiger partial charge on any atom is 0.514 e. The van der Waals surface area contributed by atoms with Crippen LogP contribution in [0, 0.1) is 0 Å². The van der Waals surface area contributed by atoms with Gasteiger partial charge >= 0.3 is 24.2 Å². The van der Waals surface area contributed by atoms with Crippen LogP contribution < -0.4 is 14.8 Å². The molecule has 11 nitrogen and oxygen atoms in total. The normalized spacial score (nSPS) is 13.2. The van der Waals surface area contributed by atoms with Crippen molar-refractivity contribution in [2.24, 2.45) is 0 Å². The van der Waals surface area contributed by atoms with E-state index in [4.69, 9.17) is 23.7 Å². The van der Waals surface area contributed by atoms with E-state index in [9.17, 15) is 24.3 Å². The van der Waals surface area contributed by atoms with Gasteiger partial charge in [-0.05, 0) is 71.6 Å². The van der Waals surface area contributed by atoms with Crippen molar-refractivity contribution in [3.05, 3.63) is 23.8 Å². The summed E-state index contributed by atoms with van der Waals surface area (Å²) in [7, 11) is 0. The summed E-state index contributed by atoms with van der Waals surface area (Å²) in [5, 5.41) is 12.5. The summed E-state index contributed by atoms with van der Waals surface area (Å²) in [4.78, 5) is 48.1. The average Bonchev–Trinajstić information content (AvgIpc) is 2.82. The first-order chi connectivity index (χ1) is 17.6. The summed E-state index contributed by atoms with van der Waals surface area (Å²) < 4.78 is 26.5. The molecule has 1 rings (SSSR count). The lowest BCUT2D eigenvalue weighted by molar-refractivity contribution is -0.147. The van der Waals surface area contributed by atoms with Crippen molar-refractivity contribution in [3.8, 4) is 11.5 Å². The Morgan fingerprint density at radius 1 is 0.895 bits per heavy atom. The van der Waals surface area contributed by atoms with Crippen LogP contribution in [0.1, 0.15) is 80.2 Å². The number of carboxylic acid groups (broad SMARTS) is 1. The zero-order valence-electron chi connectivity index (χ0n) is 23.5. The van der Waals surface area contributed by atoms with E-state index in [0.29, 0.717) is 18.4 Å². The molecule has 0 heterocycles. The Morgan fingerprint density at radius 2 is 1.42 bits per heavy atom. The minimum absolute atomic E-state index is 0.0107. The Labute approximate surface area is 224 Å². The zero-order valence-corrected chi connectivity index (χ0v) is 23.5. The fourth-order valence-corrected chi connectivity index (χ4v) is 2.80. The first-order valence-electron chi connectivity index (χ1n) is 12.7. The lowest BCUT2D eigenvalue weighted by Gasteiger charge is -2.24. The standard InChI is InChI=1S/C27H41NO10/c1-9-22(29)34-17(4)16-28-19(23(30)31)14-18-12-13-20(35-24(32)37-26(5,6)10-2)21(15-18)36-25(33)38-27(7,8)11-3/h12-13,15,17,19,28H,9-11,14,16H2,1-8H3,(H,30,31)/t17?,19-/m0/s1.